The monoisotopic (exact) mass is 224 g/mol. The minimum atomic E-state index is 0.0826. The largest absolute Gasteiger partial charge is 0.394 e. The van der Waals surface area contributed by atoms with Crippen molar-refractivity contribution >= 4 is 0 Å². The molecule has 0 bridgehead atoms. The molecule has 1 aromatic rings. The Morgan fingerprint density at radius 3 is 2.62 bits per heavy atom. The van der Waals surface area contributed by atoms with Crippen LogP contribution in [0.4, 0.5) is 0 Å². The topological polar surface area (TPSA) is 38.7 Å². The van der Waals surface area contributed by atoms with E-state index in [-0.39, 0.29) is 12.7 Å². The second-order valence-electron chi connectivity index (χ2n) is 3.73. The van der Waals surface area contributed by atoms with E-state index in [1.807, 2.05) is 25.1 Å². The third-order valence-corrected chi connectivity index (χ3v) is 2.28. The summed E-state index contributed by atoms with van der Waals surface area (Å²) in [4.78, 5) is 0. The molecule has 1 atom stereocenters. The molecule has 0 aliphatic heterocycles. The van der Waals surface area contributed by atoms with E-state index >= 15 is 0 Å². The SMILES string of the molecule is C[C@@H](CCOCCO)OCc1ccccc1. The first-order valence-corrected chi connectivity index (χ1v) is 5.67. The van der Waals surface area contributed by atoms with Crippen molar-refractivity contribution in [1.82, 2.24) is 0 Å². The van der Waals surface area contributed by atoms with E-state index in [9.17, 15) is 0 Å². The number of hydrogen-bond donors (Lipinski definition) is 1. The van der Waals surface area contributed by atoms with Crippen LogP contribution in [-0.2, 0) is 16.1 Å². The van der Waals surface area contributed by atoms with Gasteiger partial charge in [0.05, 0.1) is 25.9 Å². The molecule has 0 heterocycles. The van der Waals surface area contributed by atoms with E-state index in [0.29, 0.717) is 19.8 Å². The lowest BCUT2D eigenvalue weighted by Crippen LogP contribution is -2.12. The first-order chi connectivity index (χ1) is 7.83. The summed E-state index contributed by atoms with van der Waals surface area (Å²) in [6.07, 6.45) is 1.03. The van der Waals surface area contributed by atoms with Crippen molar-refractivity contribution in [2.45, 2.75) is 26.1 Å². The Labute approximate surface area is 97.0 Å². The van der Waals surface area contributed by atoms with E-state index in [1.165, 1.54) is 5.56 Å². The van der Waals surface area contributed by atoms with Crippen LogP contribution in [0.2, 0.25) is 0 Å². The molecule has 1 rings (SSSR count). The van der Waals surface area contributed by atoms with Gasteiger partial charge in [-0.15, -0.1) is 0 Å². The van der Waals surface area contributed by atoms with E-state index in [0.717, 1.165) is 6.42 Å². The second kappa shape index (κ2) is 8.28. The maximum atomic E-state index is 8.53. The minimum Gasteiger partial charge on any atom is -0.394 e. The average Bonchev–Trinajstić information content (AvgIpc) is 2.33. The Balaban J connectivity index is 2.08. The number of benzene rings is 1. The van der Waals surface area contributed by atoms with Gasteiger partial charge in [0, 0.05) is 6.61 Å². The van der Waals surface area contributed by atoms with Gasteiger partial charge in [-0.2, -0.15) is 0 Å². The van der Waals surface area contributed by atoms with Crippen LogP contribution in [0.1, 0.15) is 18.9 Å². The van der Waals surface area contributed by atoms with E-state index in [1.54, 1.807) is 0 Å². The summed E-state index contributed by atoms with van der Waals surface area (Å²) in [7, 11) is 0. The molecule has 0 fully saturated rings. The van der Waals surface area contributed by atoms with Gasteiger partial charge in [-0.25, -0.2) is 0 Å². The predicted octanol–water partition coefficient (Wildman–Crippen LogP) is 1.99. The van der Waals surface area contributed by atoms with Gasteiger partial charge in [-0.05, 0) is 18.9 Å². The van der Waals surface area contributed by atoms with Crippen LogP contribution in [0.15, 0.2) is 30.3 Å². The van der Waals surface area contributed by atoms with Gasteiger partial charge in [-0.1, -0.05) is 30.3 Å². The van der Waals surface area contributed by atoms with Crippen LogP contribution in [0, 0.1) is 0 Å². The molecule has 0 unspecified atom stereocenters. The lowest BCUT2D eigenvalue weighted by atomic mass is 10.2. The van der Waals surface area contributed by atoms with Gasteiger partial charge in [0.2, 0.25) is 0 Å². The van der Waals surface area contributed by atoms with E-state index in [4.69, 9.17) is 14.6 Å². The molecule has 0 aliphatic carbocycles. The van der Waals surface area contributed by atoms with Crippen LogP contribution in [0.5, 0.6) is 0 Å². The van der Waals surface area contributed by atoms with Gasteiger partial charge in [0.1, 0.15) is 0 Å². The molecule has 0 spiro atoms. The number of aliphatic hydroxyl groups is 1. The lowest BCUT2D eigenvalue weighted by Gasteiger charge is -2.13. The summed E-state index contributed by atoms with van der Waals surface area (Å²) >= 11 is 0. The smallest absolute Gasteiger partial charge is 0.0720 e. The Morgan fingerprint density at radius 2 is 1.94 bits per heavy atom. The van der Waals surface area contributed by atoms with Gasteiger partial charge in [0.25, 0.3) is 0 Å². The van der Waals surface area contributed by atoms with Gasteiger partial charge >= 0.3 is 0 Å². The summed E-state index contributed by atoms with van der Waals surface area (Å²) < 4.78 is 10.8. The third-order valence-electron chi connectivity index (χ3n) is 2.28. The molecular weight excluding hydrogens is 204 g/mol. The normalized spacial score (nSPS) is 12.6. The Kier molecular flexibility index (Phi) is 6.81. The predicted molar refractivity (Wildman–Crippen MR) is 63.2 cm³/mol. The molecule has 0 aromatic heterocycles. The van der Waals surface area contributed by atoms with Gasteiger partial charge in [-0.3, -0.25) is 0 Å². The molecule has 1 N–H and O–H groups in total. The highest BCUT2D eigenvalue weighted by Gasteiger charge is 2.02. The molecule has 16 heavy (non-hydrogen) atoms. The summed E-state index contributed by atoms with van der Waals surface area (Å²) in [6, 6.07) is 10.1. The van der Waals surface area contributed by atoms with Crippen molar-refractivity contribution in [3.05, 3.63) is 35.9 Å². The molecule has 1 aromatic carbocycles. The van der Waals surface area contributed by atoms with Crippen molar-refractivity contribution in [2.75, 3.05) is 19.8 Å². The first-order valence-electron chi connectivity index (χ1n) is 5.67. The maximum Gasteiger partial charge on any atom is 0.0720 e. The zero-order valence-electron chi connectivity index (χ0n) is 9.76. The Morgan fingerprint density at radius 1 is 1.19 bits per heavy atom. The van der Waals surface area contributed by atoms with Crippen molar-refractivity contribution < 1.29 is 14.6 Å². The molecule has 90 valence electrons. The number of ether oxygens (including phenoxy) is 2. The molecule has 3 nitrogen and oxygen atoms in total. The molecule has 3 heteroatoms. The standard InChI is InChI=1S/C13H20O3/c1-12(7-9-15-10-8-14)16-11-13-5-3-2-4-6-13/h2-6,12,14H,7-11H2,1H3/t12-/m0/s1. The average molecular weight is 224 g/mol. The summed E-state index contributed by atoms with van der Waals surface area (Å²) in [5.41, 5.74) is 1.19. The number of rotatable bonds is 8. The fraction of sp³-hybridized carbons (Fsp3) is 0.538. The zero-order chi connectivity index (χ0) is 11.6. The minimum absolute atomic E-state index is 0.0826. The van der Waals surface area contributed by atoms with Crippen molar-refractivity contribution in [3.8, 4) is 0 Å². The first kappa shape index (κ1) is 13.2. The highest BCUT2D eigenvalue weighted by Crippen LogP contribution is 2.05. The van der Waals surface area contributed by atoms with Crippen molar-refractivity contribution in [3.63, 3.8) is 0 Å². The fourth-order valence-electron chi connectivity index (χ4n) is 1.31. The lowest BCUT2D eigenvalue weighted by molar-refractivity contribution is 0.0161. The van der Waals surface area contributed by atoms with Crippen LogP contribution >= 0.6 is 0 Å². The highest BCUT2D eigenvalue weighted by atomic mass is 16.5. The van der Waals surface area contributed by atoms with Gasteiger partial charge in [0.15, 0.2) is 0 Å². The molecule has 0 radical (unpaired) electrons. The van der Waals surface area contributed by atoms with Crippen molar-refractivity contribution in [2.24, 2.45) is 0 Å². The second-order valence-corrected chi connectivity index (χ2v) is 3.73. The van der Waals surface area contributed by atoms with E-state index in [2.05, 4.69) is 12.1 Å². The molecule has 0 amide bonds. The quantitative estimate of drug-likeness (QED) is 0.686. The summed E-state index contributed by atoms with van der Waals surface area (Å²) in [5, 5.41) is 8.53. The molecule has 0 saturated heterocycles. The maximum absolute atomic E-state index is 8.53. The van der Waals surface area contributed by atoms with Gasteiger partial charge < -0.3 is 14.6 Å². The van der Waals surface area contributed by atoms with Crippen LogP contribution < -0.4 is 0 Å². The molecule has 0 aliphatic rings. The van der Waals surface area contributed by atoms with Crippen molar-refractivity contribution in [1.29, 1.82) is 0 Å². The van der Waals surface area contributed by atoms with E-state index < -0.39 is 0 Å². The zero-order valence-corrected chi connectivity index (χ0v) is 9.76. The fourth-order valence-corrected chi connectivity index (χ4v) is 1.31. The third kappa shape index (κ3) is 5.85. The summed E-state index contributed by atoms with van der Waals surface area (Å²) in [5.74, 6) is 0. The number of aliphatic hydroxyl groups excluding tert-OH is 1. The van der Waals surface area contributed by atoms with Crippen LogP contribution in [0.3, 0.4) is 0 Å². The molecule has 0 saturated carbocycles. The van der Waals surface area contributed by atoms with Crippen LogP contribution in [-0.4, -0.2) is 31.0 Å². The Bertz CT molecular complexity index is 261. The molecular formula is C13H20O3. The Hall–Kier alpha value is -0.900. The van der Waals surface area contributed by atoms with Crippen LogP contribution in [0.25, 0.3) is 0 Å². The number of hydrogen-bond acceptors (Lipinski definition) is 3. The summed E-state index contributed by atoms with van der Waals surface area (Å²) in [6.45, 7) is 3.80. The highest BCUT2D eigenvalue weighted by molar-refractivity contribution is 5.13.